The molecule has 4 rings (SSSR count). The predicted octanol–water partition coefficient (Wildman–Crippen LogP) is 2.91. The summed E-state index contributed by atoms with van der Waals surface area (Å²) in [6, 6.07) is 7.94. The van der Waals surface area contributed by atoms with Crippen molar-refractivity contribution in [3.63, 3.8) is 0 Å². The zero-order chi connectivity index (χ0) is 14.9. The Kier molecular flexibility index (Phi) is 3.18. The number of piperidine rings is 1. The Labute approximate surface area is 128 Å². The van der Waals surface area contributed by atoms with Crippen molar-refractivity contribution in [1.82, 2.24) is 19.9 Å². The fraction of sp³-hybridized carbons (Fsp3) is 0.294. The Hall–Kier alpha value is -2.56. The number of carbonyl (C=O) groups excluding carboxylic acids is 1. The van der Waals surface area contributed by atoms with E-state index in [1.807, 2.05) is 41.6 Å². The molecule has 3 aromatic rings. The molecule has 3 heterocycles. The number of para-hydroxylation sites is 1. The van der Waals surface area contributed by atoms with Gasteiger partial charge in [0.1, 0.15) is 0 Å². The monoisotopic (exact) mass is 294 g/mol. The van der Waals surface area contributed by atoms with Crippen LogP contribution in [-0.4, -0.2) is 38.8 Å². The van der Waals surface area contributed by atoms with Gasteiger partial charge in [0.15, 0.2) is 0 Å². The number of hydrogen-bond donors (Lipinski definition) is 2. The summed E-state index contributed by atoms with van der Waals surface area (Å²) in [6.07, 6.45) is 7.45. The lowest BCUT2D eigenvalue weighted by Crippen LogP contribution is -2.37. The van der Waals surface area contributed by atoms with Crippen molar-refractivity contribution >= 4 is 16.8 Å². The van der Waals surface area contributed by atoms with E-state index in [-0.39, 0.29) is 5.91 Å². The molecule has 0 unspecified atom stereocenters. The minimum atomic E-state index is 0.123. The topological polar surface area (TPSA) is 64.8 Å². The molecule has 5 nitrogen and oxygen atoms in total. The Morgan fingerprint density at radius 1 is 1.18 bits per heavy atom. The third kappa shape index (κ3) is 2.19. The van der Waals surface area contributed by atoms with Crippen LogP contribution in [0.25, 0.3) is 10.9 Å². The summed E-state index contributed by atoms with van der Waals surface area (Å²) in [4.78, 5) is 25.2. The summed E-state index contributed by atoms with van der Waals surface area (Å²) in [7, 11) is 0. The molecule has 0 aliphatic carbocycles. The van der Waals surface area contributed by atoms with Gasteiger partial charge in [-0.05, 0) is 18.9 Å². The summed E-state index contributed by atoms with van der Waals surface area (Å²) in [5.41, 5.74) is 2.89. The van der Waals surface area contributed by atoms with Crippen molar-refractivity contribution in [2.45, 2.75) is 18.8 Å². The van der Waals surface area contributed by atoms with Crippen molar-refractivity contribution < 1.29 is 4.79 Å². The molecule has 0 saturated carbocycles. The molecular formula is C17H18N4O. The Morgan fingerprint density at radius 2 is 2.00 bits per heavy atom. The SMILES string of the molecule is O=C(c1c[nH]c2ccccc12)N1CCC(c2c[nH]cn2)CC1. The lowest BCUT2D eigenvalue weighted by atomic mass is 9.93. The van der Waals surface area contributed by atoms with Crippen LogP contribution in [0.5, 0.6) is 0 Å². The maximum absolute atomic E-state index is 12.8. The highest BCUT2D eigenvalue weighted by molar-refractivity contribution is 6.06. The van der Waals surface area contributed by atoms with Crippen molar-refractivity contribution in [2.24, 2.45) is 0 Å². The number of rotatable bonds is 2. The van der Waals surface area contributed by atoms with E-state index >= 15 is 0 Å². The highest BCUT2D eigenvalue weighted by atomic mass is 16.2. The van der Waals surface area contributed by atoms with Gasteiger partial charge < -0.3 is 14.9 Å². The number of benzene rings is 1. The molecule has 1 saturated heterocycles. The highest BCUT2D eigenvalue weighted by Gasteiger charge is 2.26. The van der Waals surface area contributed by atoms with E-state index in [0.717, 1.165) is 48.1 Å². The third-order valence-electron chi connectivity index (χ3n) is 4.54. The molecule has 1 fully saturated rings. The first-order valence-electron chi connectivity index (χ1n) is 7.67. The normalized spacial score (nSPS) is 16.3. The van der Waals surface area contributed by atoms with Crippen LogP contribution in [0.4, 0.5) is 0 Å². The molecule has 0 bridgehead atoms. The van der Waals surface area contributed by atoms with Crippen LogP contribution >= 0.6 is 0 Å². The lowest BCUT2D eigenvalue weighted by molar-refractivity contribution is 0.0714. The van der Waals surface area contributed by atoms with E-state index in [1.54, 1.807) is 6.33 Å². The summed E-state index contributed by atoms with van der Waals surface area (Å²) < 4.78 is 0. The van der Waals surface area contributed by atoms with Crippen LogP contribution in [-0.2, 0) is 0 Å². The summed E-state index contributed by atoms with van der Waals surface area (Å²) >= 11 is 0. The van der Waals surface area contributed by atoms with Gasteiger partial charge in [-0.15, -0.1) is 0 Å². The van der Waals surface area contributed by atoms with Gasteiger partial charge in [0.2, 0.25) is 0 Å². The van der Waals surface area contributed by atoms with Gasteiger partial charge in [-0.25, -0.2) is 4.98 Å². The van der Waals surface area contributed by atoms with Gasteiger partial charge >= 0.3 is 0 Å². The smallest absolute Gasteiger partial charge is 0.256 e. The molecule has 0 atom stereocenters. The van der Waals surface area contributed by atoms with Crippen LogP contribution in [0, 0.1) is 0 Å². The van der Waals surface area contributed by atoms with Gasteiger partial charge in [-0.2, -0.15) is 0 Å². The van der Waals surface area contributed by atoms with E-state index in [1.165, 1.54) is 0 Å². The second-order valence-electron chi connectivity index (χ2n) is 5.81. The first-order chi connectivity index (χ1) is 10.8. The molecular weight excluding hydrogens is 276 g/mol. The first kappa shape index (κ1) is 13.1. The number of amides is 1. The first-order valence-corrected chi connectivity index (χ1v) is 7.67. The van der Waals surface area contributed by atoms with Gasteiger partial charge in [0.25, 0.3) is 5.91 Å². The van der Waals surface area contributed by atoms with Crippen LogP contribution in [0.1, 0.15) is 34.8 Å². The van der Waals surface area contributed by atoms with Crippen molar-refractivity contribution in [3.8, 4) is 0 Å². The largest absolute Gasteiger partial charge is 0.360 e. The number of nitrogens with one attached hydrogen (secondary N) is 2. The number of fused-ring (bicyclic) bond motifs is 1. The summed E-state index contributed by atoms with van der Waals surface area (Å²) in [5, 5.41) is 1.00. The van der Waals surface area contributed by atoms with Crippen LogP contribution in [0.2, 0.25) is 0 Å². The zero-order valence-electron chi connectivity index (χ0n) is 12.2. The molecule has 1 aliphatic heterocycles. The molecule has 2 N–H and O–H groups in total. The number of aromatic amines is 2. The number of nitrogens with zero attached hydrogens (tertiary/aromatic N) is 2. The van der Waals surface area contributed by atoms with Crippen LogP contribution in [0.15, 0.2) is 43.0 Å². The van der Waals surface area contributed by atoms with Crippen LogP contribution in [0.3, 0.4) is 0 Å². The Morgan fingerprint density at radius 3 is 2.77 bits per heavy atom. The molecule has 112 valence electrons. The van der Waals surface area contributed by atoms with Crippen LogP contribution < -0.4 is 0 Å². The van der Waals surface area contributed by atoms with Crippen molar-refractivity contribution in [3.05, 3.63) is 54.2 Å². The van der Waals surface area contributed by atoms with E-state index in [2.05, 4.69) is 15.0 Å². The van der Waals surface area contributed by atoms with E-state index in [0.29, 0.717) is 5.92 Å². The fourth-order valence-corrected chi connectivity index (χ4v) is 3.29. The standard InChI is InChI=1S/C17H18N4O/c22-17(14-9-19-15-4-2-1-3-13(14)15)21-7-5-12(6-8-21)16-10-18-11-20-16/h1-4,9-12,19H,5-8H2,(H,18,20). The second-order valence-corrected chi connectivity index (χ2v) is 5.81. The Bertz CT molecular complexity index is 782. The van der Waals surface area contributed by atoms with Gasteiger partial charge in [0, 0.05) is 42.3 Å². The minimum absolute atomic E-state index is 0.123. The molecule has 1 aromatic carbocycles. The Balaban J connectivity index is 1.50. The number of likely N-dealkylation sites (tertiary alicyclic amines) is 1. The molecule has 0 spiro atoms. The quantitative estimate of drug-likeness (QED) is 0.763. The van der Waals surface area contributed by atoms with Crippen molar-refractivity contribution in [2.75, 3.05) is 13.1 Å². The lowest BCUT2D eigenvalue weighted by Gasteiger charge is -2.31. The minimum Gasteiger partial charge on any atom is -0.360 e. The predicted molar refractivity (Wildman–Crippen MR) is 84.8 cm³/mol. The third-order valence-corrected chi connectivity index (χ3v) is 4.54. The molecule has 0 radical (unpaired) electrons. The average Bonchev–Trinajstić information content (AvgIpc) is 3.24. The second kappa shape index (κ2) is 5.33. The zero-order valence-corrected chi connectivity index (χ0v) is 12.2. The van der Waals surface area contributed by atoms with E-state index in [4.69, 9.17) is 0 Å². The van der Waals surface area contributed by atoms with Gasteiger partial charge in [-0.1, -0.05) is 18.2 Å². The number of hydrogen-bond acceptors (Lipinski definition) is 2. The fourth-order valence-electron chi connectivity index (χ4n) is 3.29. The maximum atomic E-state index is 12.8. The average molecular weight is 294 g/mol. The van der Waals surface area contributed by atoms with Crippen molar-refractivity contribution in [1.29, 1.82) is 0 Å². The van der Waals surface area contributed by atoms with Gasteiger partial charge in [-0.3, -0.25) is 4.79 Å². The molecule has 1 amide bonds. The molecule has 2 aromatic heterocycles. The van der Waals surface area contributed by atoms with E-state index in [9.17, 15) is 4.79 Å². The molecule has 1 aliphatic rings. The number of imidazole rings is 1. The number of aromatic nitrogens is 3. The van der Waals surface area contributed by atoms with E-state index < -0.39 is 0 Å². The van der Waals surface area contributed by atoms with Gasteiger partial charge in [0.05, 0.1) is 17.6 Å². The number of H-pyrrole nitrogens is 2. The number of carbonyl (C=O) groups is 1. The molecule has 22 heavy (non-hydrogen) atoms. The summed E-state index contributed by atoms with van der Waals surface area (Å²) in [5.74, 6) is 0.580. The molecule has 5 heteroatoms. The maximum Gasteiger partial charge on any atom is 0.256 e. The summed E-state index contributed by atoms with van der Waals surface area (Å²) in [6.45, 7) is 1.58. The highest BCUT2D eigenvalue weighted by Crippen LogP contribution is 2.28.